The lowest BCUT2D eigenvalue weighted by Crippen LogP contribution is -2.12. The highest BCUT2D eigenvalue weighted by atomic mass is 16.6. The van der Waals surface area contributed by atoms with Crippen LogP contribution >= 0.6 is 0 Å². The van der Waals surface area contributed by atoms with Gasteiger partial charge in [-0.15, -0.1) is 0 Å². The normalized spacial score (nSPS) is 16.5. The van der Waals surface area contributed by atoms with E-state index in [9.17, 15) is 66.2 Å². The van der Waals surface area contributed by atoms with Crippen LogP contribution in [0.2, 0.25) is 0 Å². The minimum absolute atomic E-state index is 0.0760. The SMILES string of the molecule is O=[N+]([O-])c1ccc(C2c3ccc(O)c(c3)C(c3ccc([N+](=O)[O-])cc3)c3cc(c(O)cc3O)C(c3ccc(O)cc3)c3cc(c(O)cc3O)C(c3ccc(O)cc3)c3cc2c(O)cc3O)cc1. The smallest absolute Gasteiger partial charge is 0.269 e. The minimum atomic E-state index is -1.17. The van der Waals surface area contributed by atoms with Crippen molar-refractivity contribution in [1.82, 2.24) is 0 Å². The first-order valence-electron chi connectivity index (χ1n) is 20.6. The van der Waals surface area contributed by atoms with Crippen LogP contribution in [0.1, 0.15) is 90.4 Å². The van der Waals surface area contributed by atoms with Gasteiger partial charge in [-0.05, 0) is 76.3 Å². The Kier molecular flexibility index (Phi) is 10.7. The largest absolute Gasteiger partial charge is 0.508 e. The molecule has 334 valence electrons. The number of hydrogen-bond acceptors (Lipinski definition) is 13. The topological polar surface area (TPSA) is 268 Å². The lowest BCUT2D eigenvalue weighted by atomic mass is 9.75. The van der Waals surface area contributed by atoms with Gasteiger partial charge in [0.05, 0.1) is 9.85 Å². The van der Waals surface area contributed by atoms with Gasteiger partial charge in [-0.25, -0.2) is 0 Å². The molecule has 8 aromatic carbocycles. The lowest BCUT2D eigenvalue weighted by Gasteiger charge is -2.29. The second-order valence-corrected chi connectivity index (χ2v) is 16.3. The van der Waals surface area contributed by atoms with Crippen molar-refractivity contribution >= 4 is 11.4 Å². The van der Waals surface area contributed by atoms with Crippen LogP contribution in [-0.2, 0) is 0 Å². The zero-order valence-corrected chi connectivity index (χ0v) is 34.8. The van der Waals surface area contributed by atoms with E-state index in [4.69, 9.17) is 0 Å². The van der Waals surface area contributed by atoms with Crippen LogP contribution in [0.3, 0.4) is 0 Å². The highest BCUT2D eigenvalue weighted by molar-refractivity contribution is 5.66. The standard InChI is InChI=1S/C52H38N2O13/c55-33-14-5-28(6-15-33)51-37-20-36(43(58)23-44(37)59)49(26-1-10-31(11-2-26)53(64)65)30-9-18-42(57)35(19-30)50(27-3-12-32(13-4-27)54(66)67)38-21-39(46(61)24-45(38)60)52(29-7-16-34(56)17-8-29)41-22-40(51)47(62)25-48(41)63/h1-25,49-52,55-63H. The summed E-state index contributed by atoms with van der Waals surface area (Å²) in [5, 5.41) is 128. The molecule has 4 atom stereocenters. The van der Waals surface area contributed by atoms with Crippen LogP contribution in [-0.4, -0.2) is 55.8 Å². The van der Waals surface area contributed by atoms with Crippen molar-refractivity contribution in [3.63, 3.8) is 0 Å². The highest BCUT2D eigenvalue weighted by Crippen LogP contribution is 2.53. The van der Waals surface area contributed by atoms with Gasteiger partial charge < -0.3 is 46.0 Å². The van der Waals surface area contributed by atoms with E-state index in [-0.39, 0.29) is 67.6 Å². The number of phenols is 9. The molecule has 0 saturated carbocycles. The van der Waals surface area contributed by atoms with Crippen LogP contribution in [0.25, 0.3) is 0 Å². The molecule has 0 radical (unpaired) electrons. The molecular weight excluding hydrogens is 861 g/mol. The summed E-state index contributed by atoms with van der Waals surface area (Å²) in [6, 6.07) is 35.0. The Balaban J connectivity index is 1.45. The third kappa shape index (κ3) is 7.80. The molecule has 0 aromatic heterocycles. The molecule has 9 rings (SSSR count). The first-order chi connectivity index (χ1) is 32.1. The molecule has 0 amide bonds. The van der Waals surface area contributed by atoms with Gasteiger partial charge in [0.15, 0.2) is 0 Å². The van der Waals surface area contributed by atoms with Crippen LogP contribution in [0.4, 0.5) is 11.4 Å². The summed E-state index contributed by atoms with van der Waals surface area (Å²) in [5.74, 6) is -7.64. The number of aromatic hydroxyl groups is 9. The molecule has 0 fully saturated rings. The fourth-order valence-corrected chi connectivity index (χ4v) is 9.25. The summed E-state index contributed by atoms with van der Waals surface area (Å²) in [4.78, 5) is 22.5. The van der Waals surface area contributed by atoms with Crippen LogP contribution in [0, 0.1) is 20.2 Å². The van der Waals surface area contributed by atoms with Crippen molar-refractivity contribution in [2.75, 3.05) is 0 Å². The van der Waals surface area contributed by atoms with Gasteiger partial charge in [-0.1, -0.05) is 60.7 Å². The first-order valence-corrected chi connectivity index (χ1v) is 20.6. The highest BCUT2D eigenvalue weighted by Gasteiger charge is 2.34. The average molecular weight is 899 g/mol. The number of non-ortho nitro benzene ring substituents is 2. The van der Waals surface area contributed by atoms with E-state index in [0.717, 1.165) is 18.2 Å². The maximum atomic E-state index is 11.9. The summed E-state index contributed by atoms with van der Waals surface area (Å²) in [6.07, 6.45) is 0. The Hall–Kier alpha value is -9.24. The Bertz CT molecular complexity index is 3250. The van der Waals surface area contributed by atoms with Crippen molar-refractivity contribution < 1.29 is 55.8 Å². The Morgan fingerprint density at radius 1 is 0.284 bits per heavy atom. The average Bonchev–Trinajstić information content (AvgIpc) is 3.29. The second-order valence-electron chi connectivity index (χ2n) is 16.3. The first kappa shape index (κ1) is 43.0. The quantitative estimate of drug-likeness (QED) is 0.0556. The lowest BCUT2D eigenvalue weighted by molar-refractivity contribution is -0.385. The fourth-order valence-electron chi connectivity index (χ4n) is 9.25. The fraction of sp³-hybridized carbons (Fsp3) is 0.0769. The molecule has 15 heteroatoms. The van der Waals surface area contributed by atoms with E-state index in [1.54, 1.807) is 36.4 Å². The Morgan fingerprint density at radius 2 is 0.537 bits per heavy atom. The molecule has 1 aliphatic carbocycles. The predicted molar refractivity (Wildman–Crippen MR) is 244 cm³/mol. The predicted octanol–water partition coefficient (Wildman–Crippen LogP) is 9.89. The Labute approximate surface area is 380 Å². The van der Waals surface area contributed by atoms with E-state index < -0.39 is 68.0 Å². The molecule has 4 unspecified atom stereocenters. The molecular formula is C52H38N2O13. The van der Waals surface area contributed by atoms with Crippen molar-refractivity contribution in [2.45, 2.75) is 23.7 Å². The zero-order chi connectivity index (χ0) is 47.4. The molecule has 0 saturated heterocycles. The van der Waals surface area contributed by atoms with E-state index in [1.807, 2.05) is 0 Å². The van der Waals surface area contributed by atoms with Gasteiger partial charge >= 0.3 is 0 Å². The van der Waals surface area contributed by atoms with Crippen molar-refractivity contribution in [3.05, 3.63) is 239 Å². The van der Waals surface area contributed by atoms with Crippen LogP contribution < -0.4 is 0 Å². The number of nitro groups is 2. The van der Waals surface area contributed by atoms with Crippen LogP contribution in [0.5, 0.6) is 51.7 Å². The van der Waals surface area contributed by atoms with Gasteiger partial charge in [0.1, 0.15) is 51.7 Å². The van der Waals surface area contributed by atoms with Gasteiger partial charge in [0, 0.05) is 105 Å². The maximum Gasteiger partial charge on any atom is 0.269 e. The number of hydrogen-bond donors (Lipinski definition) is 9. The molecule has 0 spiro atoms. The monoisotopic (exact) mass is 898 g/mol. The van der Waals surface area contributed by atoms with E-state index in [0.29, 0.717) is 27.8 Å². The molecule has 1 aliphatic rings. The maximum absolute atomic E-state index is 11.9. The Morgan fingerprint density at radius 3 is 0.851 bits per heavy atom. The van der Waals surface area contributed by atoms with Gasteiger partial charge in [-0.2, -0.15) is 0 Å². The van der Waals surface area contributed by atoms with Crippen molar-refractivity contribution in [2.24, 2.45) is 0 Å². The third-order valence-corrected chi connectivity index (χ3v) is 12.4. The number of fused-ring (bicyclic) bond motifs is 8. The summed E-state index contributed by atoms with van der Waals surface area (Å²) in [6.45, 7) is 0. The van der Waals surface area contributed by atoms with Gasteiger partial charge in [-0.3, -0.25) is 20.2 Å². The molecule has 8 bridgehead atoms. The summed E-state index contributed by atoms with van der Waals surface area (Å²) in [7, 11) is 0. The summed E-state index contributed by atoms with van der Waals surface area (Å²) >= 11 is 0. The minimum Gasteiger partial charge on any atom is -0.508 e. The number of benzene rings is 8. The zero-order valence-electron chi connectivity index (χ0n) is 34.8. The summed E-state index contributed by atoms with van der Waals surface area (Å²) in [5.41, 5.74) is 2.19. The van der Waals surface area contributed by atoms with E-state index in [1.165, 1.54) is 97.1 Å². The molecule has 15 nitrogen and oxygen atoms in total. The molecule has 0 heterocycles. The molecule has 8 aromatic rings. The van der Waals surface area contributed by atoms with Gasteiger partial charge in [0.2, 0.25) is 0 Å². The van der Waals surface area contributed by atoms with Crippen LogP contribution in [0.15, 0.2) is 152 Å². The summed E-state index contributed by atoms with van der Waals surface area (Å²) < 4.78 is 0. The molecule has 0 aliphatic heterocycles. The second kappa shape index (κ2) is 16.7. The van der Waals surface area contributed by atoms with E-state index >= 15 is 0 Å². The van der Waals surface area contributed by atoms with Crippen molar-refractivity contribution in [3.8, 4) is 51.7 Å². The molecule has 67 heavy (non-hydrogen) atoms. The van der Waals surface area contributed by atoms with E-state index in [2.05, 4.69) is 0 Å². The van der Waals surface area contributed by atoms with Gasteiger partial charge in [0.25, 0.3) is 11.4 Å². The molecule has 9 N–H and O–H groups in total. The number of nitrogens with zero attached hydrogens (tertiary/aromatic N) is 2. The van der Waals surface area contributed by atoms with Crippen molar-refractivity contribution in [1.29, 1.82) is 0 Å². The number of nitro benzene ring substituents is 2. The number of rotatable bonds is 6. The number of phenolic OH excluding ortho intramolecular Hbond substituents is 9. The third-order valence-electron chi connectivity index (χ3n) is 12.4.